The predicted molar refractivity (Wildman–Crippen MR) is 96.0 cm³/mol. The Morgan fingerprint density at radius 2 is 2.04 bits per heavy atom. The van der Waals surface area contributed by atoms with Gasteiger partial charge in [-0.3, -0.25) is 4.79 Å². The second kappa shape index (κ2) is 7.07. The molecule has 5 heteroatoms. The number of halogens is 1. The highest BCUT2D eigenvalue weighted by Crippen LogP contribution is 2.20. The molecule has 0 saturated heterocycles. The number of para-hydroxylation sites is 1. The molecule has 0 unspecified atom stereocenters. The molecule has 24 heavy (non-hydrogen) atoms. The minimum Gasteiger partial charge on any atom is -0.378 e. The van der Waals surface area contributed by atoms with E-state index in [9.17, 15) is 9.90 Å². The van der Waals surface area contributed by atoms with Crippen LogP contribution in [0.5, 0.6) is 0 Å². The third kappa shape index (κ3) is 3.61. The van der Waals surface area contributed by atoms with Crippen molar-refractivity contribution in [3.05, 3.63) is 70.9 Å². The van der Waals surface area contributed by atoms with Crippen LogP contribution < -0.4 is 5.32 Å². The normalized spacial score (nSPS) is 13.6. The van der Waals surface area contributed by atoms with Gasteiger partial charge in [0.05, 0.1) is 0 Å². The first-order valence-electron chi connectivity index (χ1n) is 7.83. The smallest absolute Gasteiger partial charge is 0.253 e. The van der Waals surface area contributed by atoms with Gasteiger partial charge in [0.25, 0.3) is 5.91 Å². The molecule has 2 aromatic carbocycles. The van der Waals surface area contributed by atoms with E-state index < -0.39 is 12.0 Å². The number of fused-ring (bicyclic) bond motifs is 1. The quantitative estimate of drug-likeness (QED) is 0.663. The summed E-state index contributed by atoms with van der Waals surface area (Å²) >= 11 is 5.90. The third-order valence-corrected chi connectivity index (χ3v) is 4.24. The molecule has 0 aliphatic carbocycles. The molecule has 0 bridgehead atoms. The predicted octanol–water partition coefficient (Wildman–Crippen LogP) is 3.60. The van der Waals surface area contributed by atoms with Crippen LogP contribution in [0.15, 0.2) is 54.7 Å². The van der Waals surface area contributed by atoms with Crippen LogP contribution in [0.25, 0.3) is 10.9 Å². The van der Waals surface area contributed by atoms with Crippen LogP contribution in [0.1, 0.15) is 24.2 Å². The van der Waals surface area contributed by atoms with Crippen LogP contribution in [0.2, 0.25) is 5.02 Å². The number of aliphatic hydroxyl groups is 1. The average molecular weight is 343 g/mol. The van der Waals surface area contributed by atoms with E-state index in [0.717, 1.165) is 16.5 Å². The molecular weight excluding hydrogens is 324 g/mol. The van der Waals surface area contributed by atoms with Gasteiger partial charge in [-0.2, -0.15) is 0 Å². The maximum atomic E-state index is 12.2. The Kier molecular flexibility index (Phi) is 4.88. The van der Waals surface area contributed by atoms with Gasteiger partial charge in [0.1, 0.15) is 0 Å². The molecule has 2 atom stereocenters. The van der Waals surface area contributed by atoms with Crippen molar-refractivity contribution >= 4 is 28.4 Å². The molecule has 1 amide bonds. The number of aliphatic hydroxyl groups excluding tert-OH is 1. The zero-order chi connectivity index (χ0) is 17.1. The first-order valence-corrected chi connectivity index (χ1v) is 8.21. The fraction of sp³-hybridized carbons (Fsp3) is 0.211. The zero-order valence-electron chi connectivity index (χ0n) is 13.3. The Morgan fingerprint density at radius 3 is 2.83 bits per heavy atom. The molecule has 0 aliphatic heterocycles. The van der Waals surface area contributed by atoms with E-state index >= 15 is 0 Å². The molecule has 3 N–H and O–H groups in total. The van der Waals surface area contributed by atoms with Crippen LogP contribution >= 0.6 is 11.6 Å². The first-order chi connectivity index (χ1) is 11.5. The summed E-state index contributed by atoms with van der Waals surface area (Å²) in [6.07, 6.45) is 1.41. The van der Waals surface area contributed by atoms with E-state index in [1.54, 1.807) is 24.3 Å². The van der Waals surface area contributed by atoms with Crippen molar-refractivity contribution < 1.29 is 9.90 Å². The van der Waals surface area contributed by atoms with Crippen LogP contribution in [0, 0.1) is 0 Å². The number of amides is 1. The lowest BCUT2D eigenvalue weighted by Crippen LogP contribution is -2.37. The van der Waals surface area contributed by atoms with Gasteiger partial charge in [0.2, 0.25) is 0 Å². The van der Waals surface area contributed by atoms with Crippen LogP contribution in [-0.4, -0.2) is 22.0 Å². The van der Waals surface area contributed by atoms with Gasteiger partial charge in [-0.15, -0.1) is 0 Å². The Balaban J connectivity index is 1.66. The third-order valence-electron chi connectivity index (χ3n) is 4.00. The van der Waals surface area contributed by atoms with E-state index in [-0.39, 0.29) is 6.04 Å². The summed E-state index contributed by atoms with van der Waals surface area (Å²) in [4.78, 5) is 15.5. The second-order valence-corrected chi connectivity index (χ2v) is 6.37. The van der Waals surface area contributed by atoms with Gasteiger partial charge >= 0.3 is 0 Å². The average Bonchev–Trinajstić information content (AvgIpc) is 2.97. The Hall–Kier alpha value is -2.30. The van der Waals surface area contributed by atoms with Crippen LogP contribution in [0.4, 0.5) is 0 Å². The largest absolute Gasteiger partial charge is 0.378 e. The van der Waals surface area contributed by atoms with Gasteiger partial charge in [-0.25, -0.2) is 0 Å². The molecule has 0 spiro atoms. The number of hydrogen-bond donors (Lipinski definition) is 3. The van der Waals surface area contributed by atoms with Crippen molar-refractivity contribution in [2.24, 2.45) is 0 Å². The van der Waals surface area contributed by atoms with Crippen molar-refractivity contribution in [1.82, 2.24) is 10.3 Å². The fourth-order valence-corrected chi connectivity index (χ4v) is 3.03. The zero-order valence-corrected chi connectivity index (χ0v) is 14.0. The van der Waals surface area contributed by atoms with Gasteiger partial charge in [-0.05, 0) is 42.7 Å². The summed E-state index contributed by atoms with van der Waals surface area (Å²) in [5, 5.41) is 14.7. The van der Waals surface area contributed by atoms with E-state index in [0.29, 0.717) is 17.0 Å². The van der Waals surface area contributed by atoms with Gasteiger partial charge in [-0.1, -0.05) is 41.9 Å². The lowest BCUT2D eigenvalue weighted by Gasteiger charge is -2.17. The number of H-pyrrole nitrogens is 1. The highest BCUT2D eigenvalue weighted by atomic mass is 35.5. The minimum atomic E-state index is -1.23. The number of aromatic amines is 1. The maximum Gasteiger partial charge on any atom is 0.253 e. The standard InChI is InChI=1S/C19H19ClN2O2/c1-12(9-14-11-21-17-8-3-2-7-16(14)17)22-19(24)18(23)13-5-4-6-15(20)10-13/h2-8,10-12,18,21,23H,9H2,1H3,(H,22,24)/t12-,18+/m0/s1. The molecule has 0 radical (unpaired) electrons. The van der Waals surface area contributed by atoms with Crippen molar-refractivity contribution in [2.75, 3.05) is 0 Å². The highest BCUT2D eigenvalue weighted by Gasteiger charge is 2.20. The number of carbonyl (C=O) groups excluding carboxylic acids is 1. The summed E-state index contributed by atoms with van der Waals surface area (Å²) in [5.74, 6) is -0.426. The lowest BCUT2D eigenvalue weighted by atomic mass is 10.0. The number of aromatic nitrogens is 1. The Bertz CT molecular complexity index is 859. The molecule has 124 valence electrons. The number of benzene rings is 2. The first kappa shape index (κ1) is 16.6. The SMILES string of the molecule is C[C@@H](Cc1c[nH]c2ccccc12)NC(=O)[C@H](O)c1cccc(Cl)c1. The summed E-state index contributed by atoms with van der Waals surface area (Å²) < 4.78 is 0. The van der Waals surface area contributed by atoms with Crippen molar-refractivity contribution in [2.45, 2.75) is 25.5 Å². The van der Waals surface area contributed by atoms with Crippen LogP contribution in [-0.2, 0) is 11.2 Å². The summed E-state index contributed by atoms with van der Waals surface area (Å²) in [5.41, 5.74) is 2.69. The van der Waals surface area contributed by atoms with Crippen molar-refractivity contribution in [3.63, 3.8) is 0 Å². The van der Waals surface area contributed by atoms with E-state index in [1.807, 2.05) is 31.3 Å². The van der Waals surface area contributed by atoms with E-state index in [4.69, 9.17) is 11.6 Å². The van der Waals surface area contributed by atoms with Crippen molar-refractivity contribution in [1.29, 1.82) is 0 Å². The van der Waals surface area contributed by atoms with Gasteiger partial charge in [0, 0.05) is 28.2 Å². The molecule has 0 fully saturated rings. The second-order valence-electron chi connectivity index (χ2n) is 5.93. The van der Waals surface area contributed by atoms with Crippen molar-refractivity contribution in [3.8, 4) is 0 Å². The molecule has 3 aromatic rings. The number of nitrogens with one attached hydrogen (secondary N) is 2. The number of carbonyl (C=O) groups is 1. The maximum absolute atomic E-state index is 12.2. The molecule has 0 saturated carbocycles. The summed E-state index contributed by atoms with van der Waals surface area (Å²) in [6, 6.07) is 14.6. The monoisotopic (exact) mass is 342 g/mol. The van der Waals surface area contributed by atoms with E-state index in [1.165, 1.54) is 0 Å². The lowest BCUT2D eigenvalue weighted by molar-refractivity contribution is -0.130. The molecule has 4 nitrogen and oxygen atoms in total. The van der Waals surface area contributed by atoms with E-state index in [2.05, 4.69) is 16.4 Å². The highest BCUT2D eigenvalue weighted by molar-refractivity contribution is 6.30. The Morgan fingerprint density at radius 1 is 1.25 bits per heavy atom. The van der Waals surface area contributed by atoms with Crippen LogP contribution in [0.3, 0.4) is 0 Å². The minimum absolute atomic E-state index is 0.106. The topological polar surface area (TPSA) is 65.1 Å². The Labute approximate surface area is 145 Å². The number of rotatable bonds is 5. The fourth-order valence-electron chi connectivity index (χ4n) is 2.83. The molecule has 0 aliphatic rings. The molecular formula is C19H19ClN2O2. The summed E-state index contributed by atoms with van der Waals surface area (Å²) in [7, 11) is 0. The molecule has 1 aromatic heterocycles. The number of hydrogen-bond acceptors (Lipinski definition) is 2. The summed E-state index contributed by atoms with van der Waals surface area (Å²) in [6.45, 7) is 1.92. The van der Waals surface area contributed by atoms with Gasteiger partial charge < -0.3 is 15.4 Å². The van der Waals surface area contributed by atoms with Gasteiger partial charge in [0.15, 0.2) is 6.10 Å². The molecule has 1 heterocycles. The molecule has 3 rings (SSSR count).